The average Bonchev–Trinajstić information content (AvgIpc) is 3.18. The van der Waals surface area contributed by atoms with Crippen LogP contribution in [0.25, 0.3) is 11.5 Å². The zero-order chi connectivity index (χ0) is 21.0. The number of pyridine rings is 1. The lowest BCUT2D eigenvalue weighted by molar-refractivity contribution is 0.295. The third-order valence-electron chi connectivity index (χ3n) is 4.89. The van der Waals surface area contributed by atoms with E-state index in [1.807, 2.05) is 36.0 Å². The first-order valence-corrected chi connectivity index (χ1v) is 10.1. The summed E-state index contributed by atoms with van der Waals surface area (Å²) in [7, 11) is 0. The Morgan fingerprint density at radius 2 is 1.84 bits per heavy atom. The molecule has 0 atom stereocenters. The highest BCUT2D eigenvalue weighted by atomic mass is 15.3. The molecule has 0 spiro atoms. The number of rotatable bonds is 7. The monoisotopic (exact) mass is 414 g/mol. The third kappa shape index (κ3) is 4.64. The van der Waals surface area contributed by atoms with Crippen LogP contribution in [-0.4, -0.2) is 47.8 Å². The van der Waals surface area contributed by atoms with Crippen molar-refractivity contribution >= 4 is 23.3 Å². The van der Waals surface area contributed by atoms with Crippen LogP contribution in [-0.2, 0) is 6.54 Å². The van der Waals surface area contributed by atoms with Gasteiger partial charge in [0.15, 0.2) is 5.82 Å². The lowest BCUT2D eigenvalue weighted by Gasteiger charge is -2.26. The van der Waals surface area contributed by atoms with Crippen LogP contribution >= 0.6 is 0 Å². The second-order valence-corrected chi connectivity index (χ2v) is 7.42. The summed E-state index contributed by atoms with van der Waals surface area (Å²) in [6.45, 7) is 4.94. The Labute approximate surface area is 179 Å². The van der Waals surface area contributed by atoms with Crippen molar-refractivity contribution in [1.82, 2.24) is 40.0 Å². The molecule has 0 saturated carbocycles. The van der Waals surface area contributed by atoms with Gasteiger partial charge in [0.05, 0.1) is 11.9 Å². The number of nitrogens with zero attached hydrogens (tertiary/aromatic N) is 7. The fourth-order valence-electron chi connectivity index (χ4n) is 3.24. The maximum absolute atomic E-state index is 4.55. The first-order valence-electron chi connectivity index (χ1n) is 10.1. The summed E-state index contributed by atoms with van der Waals surface area (Å²) < 4.78 is 1.94. The lowest BCUT2D eigenvalue weighted by Crippen LogP contribution is -2.44. The van der Waals surface area contributed by atoms with Crippen LogP contribution in [0, 0.1) is 12.8 Å². The van der Waals surface area contributed by atoms with Gasteiger partial charge in [0.2, 0.25) is 5.95 Å². The van der Waals surface area contributed by atoms with Gasteiger partial charge in [0.25, 0.3) is 0 Å². The highest BCUT2D eigenvalue weighted by Crippen LogP contribution is 2.19. The SMILES string of the molecule is Cc1cccc(-c2nccc(Nc3ccnc(Nc4cnn(CC5CNC5)c4)n3)n2)n1. The van der Waals surface area contributed by atoms with Crippen LogP contribution < -0.4 is 16.0 Å². The Morgan fingerprint density at radius 1 is 1.00 bits per heavy atom. The van der Waals surface area contributed by atoms with Crippen LogP contribution in [0.3, 0.4) is 0 Å². The highest BCUT2D eigenvalue weighted by Gasteiger charge is 2.17. The van der Waals surface area contributed by atoms with Gasteiger partial charge in [-0.3, -0.25) is 4.68 Å². The minimum Gasteiger partial charge on any atom is -0.325 e. The first kappa shape index (κ1) is 19.1. The quantitative estimate of drug-likeness (QED) is 0.419. The van der Waals surface area contributed by atoms with Crippen molar-refractivity contribution in [3.63, 3.8) is 0 Å². The van der Waals surface area contributed by atoms with E-state index in [1.165, 1.54) is 0 Å². The highest BCUT2D eigenvalue weighted by molar-refractivity contribution is 5.58. The fraction of sp³-hybridized carbons (Fsp3) is 0.238. The first-order chi connectivity index (χ1) is 15.2. The Kier molecular flexibility index (Phi) is 5.19. The topological polar surface area (TPSA) is 118 Å². The fourth-order valence-corrected chi connectivity index (χ4v) is 3.24. The van der Waals surface area contributed by atoms with Crippen molar-refractivity contribution in [3.8, 4) is 11.5 Å². The molecular weight excluding hydrogens is 392 g/mol. The summed E-state index contributed by atoms with van der Waals surface area (Å²) in [5.74, 6) is 2.91. The van der Waals surface area contributed by atoms with Gasteiger partial charge in [-0.25, -0.2) is 19.9 Å². The Bertz CT molecular complexity index is 1180. The smallest absolute Gasteiger partial charge is 0.229 e. The Hall–Kier alpha value is -3.92. The molecule has 1 saturated heterocycles. The zero-order valence-electron chi connectivity index (χ0n) is 17.0. The largest absolute Gasteiger partial charge is 0.325 e. The molecule has 10 heteroatoms. The maximum atomic E-state index is 4.55. The van der Waals surface area contributed by atoms with Gasteiger partial charge < -0.3 is 16.0 Å². The molecule has 156 valence electrons. The Morgan fingerprint density at radius 3 is 2.65 bits per heavy atom. The second-order valence-electron chi connectivity index (χ2n) is 7.42. The molecule has 5 heterocycles. The molecule has 10 nitrogen and oxygen atoms in total. The number of hydrogen-bond acceptors (Lipinski definition) is 9. The van der Waals surface area contributed by atoms with E-state index in [2.05, 4.69) is 46.0 Å². The predicted octanol–water partition coefficient (Wildman–Crippen LogP) is 2.54. The average molecular weight is 414 g/mol. The van der Waals surface area contributed by atoms with E-state index in [4.69, 9.17) is 0 Å². The molecule has 4 aromatic rings. The van der Waals surface area contributed by atoms with E-state index in [9.17, 15) is 0 Å². The Balaban J connectivity index is 1.28. The van der Waals surface area contributed by atoms with Crippen molar-refractivity contribution in [2.45, 2.75) is 13.5 Å². The van der Waals surface area contributed by atoms with Crippen LogP contribution in [0.2, 0.25) is 0 Å². The molecule has 3 N–H and O–H groups in total. The van der Waals surface area contributed by atoms with Crippen molar-refractivity contribution in [3.05, 3.63) is 60.8 Å². The van der Waals surface area contributed by atoms with Crippen molar-refractivity contribution < 1.29 is 0 Å². The molecule has 0 radical (unpaired) electrons. The van der Waals surface area contributed by atoms with E-state index in [0.29, 0.717) is 29.3 Å². The third-order valence-corrected chi connectivity index (χ3v) is 4.89. The number of aryl methyl sites for hydroxylation is 1. The predicted molar refractivity (Wildman–Crippen MR) is 117 cm³/mol. The molecule has 0 aliphatic carbocycles. The molecule has 1 fully saturated rings. The normalized spacial score (nSPS) is 13.6. The molecule has 0 aromatic carbocycles. The number of nitrogens with one attached hydrogen (secondary N) is 3. The van der Waals surface area contributed by atoms with E-state index < -0.39 is 0 Å². The summed E-state index contributed by atoms with van der Waals surface area (Å²) in [6, 6.07) is 9.34. The van der Waals surface area contributed by atoms with Gasteiger partial charge in [0, 0.05) is 49.8 Å². The molecule has 1 aliphatic heterocycles. The lowest BCUT2D eigenvalue weighted by atomic mass is 10.0. The molecule has 0 unspecified atom stereocenters. The van der Waals surface area contributed by atoms with E-state index >= 15 is 0 Å². The number of anilines is 4. The standard InChI is InChI=1S/C21H22N10/c1-14-3-2-4-17(26-14)20-23-7-5-18(29-20)28-19-6-8-24-21(30-19)27-16-11-25-31(13-16)12-15-9-22-10-15/h2-8,11,13,15,22H,9-10,12H2,1H3,(H2,23,24,27,28,29,30). The van der Waals surface area contributed by atoms with Crippen molar-refractivity contribution in [2.24, 2.45) is 5.92 Å². The summed E-state index contributed by atoms with van der Waals surface area (Å²) in [6.07, 6.45) is 7.13. The van der Waals surface area contributed by atoms with Gasteiger partial charge in [-0.05, 0) is 31.2 Å². The molecule has 5 rings (SSSR count). The van der Waals surface area contributed by atoms with E-state index in [1.54, 1.807) is 30.7 Å². The summed E-state index contributed by atoms with van der Waals surface area (Å²) >= 11 is 0. The van der Waals surface area contributed by atoms with Gasteiger partial charge in [0.1, 0.15) is 17.3 Å². The summed E-state index contributed by atoms with van der Waals surface area (Å²) in [4.78, 5) is 22.2. The molecule has 0 amide bonds. The van der Waals surface area contributed by atoms with E-state index in [-0.39, 0.29) is 0 Å². The summed E-state index contributed by atoms with van der Waals surface area (Å²) in [5, 5.41) is 14.1. The van der Waals surface area contributed by atoms with Gasteiger partial charge >= 0.3 is 0 Å². The van der Waals surface area contributed by atoms with Crippen LogP contribution in [0.15, 0.2) is 55.1 Å². The second kappa shape index (κ2) is 8.44. The molecule has 4 aromatic heterocycles. The molecule has 1 aliphatic rings. The van der Waals surface area contributed by atoms with Crippen molar-refractivity contribution in [2.75, 3.05) is 23.7 Å². The van der Waals surface area contributed by atoms with Gasteiger partial charge in [-0.1, -0.05) is 6.07 Å². The maximum Gasteiger partial charge on any atom is 0.229 e. The minimum absolute atomic E-state index is 0.476. The minimum atomic E-state index is 0.476. The van der Waals surface area contributed by atoms with Crippen LogP contribution in [0.1, 0.15) is 5.69 Å². The van der Waals surface area contributed by atoms with E-state index in [0.717, 1.165) is 36.7 Å². The zero-order valence-corrected chi connectivity index (χ0v) is 17.0. The van der Waals surface area contributed by atoms with Crippen molar-refractivity contribution in [1.29, 1.82) is 0 Å². The summed E-state index contributed by atoms with van der Waals surface area (Å²) in [5.41, 5.74) is 2.49. The van der Waals surface area contributed by atoms with Gasteiger partial charge in [-0.2, -0.15) is 10.1 Å². The molecule has 31 heavy (non-hydrogen) atoms. The number of aromatic nitrogens is 7. The molecular formula is C21H22N10. The van der Waals surface area contributed by atoms with Crippen LogP contribution in [0.5, 0.6) is 0 Å². The number of hydrogen-bond donors (Lipinski definition) is 3. The molecule has 0 bridgehead atoms. The van der Waals surface area contributed by atoms with Gasteiger partial charge in [-0.15, -0.1) is 0 Å². The van der Waals surface area contributed by atoms with Crippen LogP contribution in [0.4, 0.5) is 23.3 Å².